The fourth-order valence-corrected chi connectivity index (χ4v) is 3.79. The van der Waals surface area contributed by atoms with Crippen LogP contribution in [0.25, 0.3) is 0 Å². The van der Waals surface area contributed by atoms with E-state index in [0.29, 0.717) is 25.5 Å². The molecule has 4 heteroatoms. The van der Waals surface area contributed by atoms with Gasteiger partial charge in [-0.15, -0.1) is 0 Å². The molecule has 1 aliphatic carbocycles. The highest BCUT2D eigenvalue weighted by atomic mass is 16.5. The molecule has 1 heterocycles. The van der Waals surface area contributed by atoms with Crippen LogP contribution in [0.15, 0.2) is 24.3 Å². The minimum atomic E-state index is -0.418. The molecule has 1 aliphatic heterocycles. The Balaban J connectivity index is 1.48. The van der Waals surface area contributed by atoms with Gasteiger partial charge in [0.15, 0.2) is 0 Å². The van der Waals surface area contributed by atoms with Crippen molar-refractivity contribution in [2.45, 2.75) is 57.2 Å². The van der Waals surface area contributed by atoms with E-state index in [1.165, 1.54) is 24.8 Å². The Hall–Kier alpha value is -1.39. The van der Waals surface area contributed by atoms with Crippen LogP contribution in [0, 0.1) is 5.92 Å². The number of fused-ring (bicyclic) bond motifs is 1. The van der Waals surface area contributed by atoms with Gasteiger partial charge in [0, 0.05) is 6.54 Å². The van der Waals surface area contributed by atoms with Gasteiger partial charge in [-0.25, -0.2) is 0 Å². The number of hydrogen-bond acceptors (Lipinski definition) is 3. The second-order valence-corrected chi connectivity index (χ2v) is 6.78. The Bertz CT molecular complexity index is 525. The maximum atomic E-state index is 12.2. The van der Waals surface area contributed by atoms with Crippen LogP contribution in [0.4, 0.5) is 0 Å². The summed E-state index contributed by atoms with van der Waals surface area (Å²) in [5.74, 6) is 0.303. The van der Waals surface area contributed by atoms with Crippen LogP contribution in [0.1, 0.15) is 55.8 Å². The van der Waals surface area contributed by atoms with Crippen molar-refractivity contribution in [3.05, 3.63) is 35.4 Å². The molecule has 0 radical (unpaired) electrons. The van der Waals surface area contributed by atoms with Gasteiger partial charge in [-0.2, -0.15) is 0 Å². The molecule has 0 saturated heterocycles. The number of aliphatic hydroxyl groups excluding tert-OH is 1. The molecule has 0 aromatic heterocycles. The van der Waals surface area contributed by atoms with Gasteiger partial charge in [0.25, 0.3) is 0 Å². The van der Waals surface area contributed by atoms with Crippen LogP contribution in [-0.2, 0) is 16.0 Å². The molecular formula is C19H27NO3. The fraction of sp³-hybridized carbons (Fsp3) is 0.632. The smallest absolute Gasteiger partial charge is 0.223 e. The van der Waals surface area contributed by atoms with E-state index < -0.39 is 6.10 Å². The topological polar surface area (TPSA) is 58.6 Å². The molecule has 1 saturated carbocycles. The zero-order valence-corrected chi connectivity index (χ0v) is 13.7. The van der Waals surface area contributed by atoms with Gasteiger partial charge < -0.3 is 15.2 Å². The van der Waals surface area contributed by atoms with Gasteiger partial charge in [-0.1, -0.05) is 43.5 Å². The van der Waals surface area contributed by atoms with E-state index in [1.807, 2.05) is 18.2 Å². The van der Waals surface area contributed by atoms with Crippen molar-refractivity contribution in [2.75, 3.05) is 13.2 Å². The van der Waals surface area contributed by atoms with E-state index in [9.17, 15) is 9.90 Å². The Morgan fingerprint density at radius 2 is 2.04 bits per heavy atom. The van der Waals surface area contributed by atoms with Gasteiger partial charge in [0.1, 0.15) is 0 Å². The molecule has 1 fully saturated rings. The number of carbonyl (C=O) groups is 1. The van der Waals surface area contributed by atoms with E-state index in [-0.39, 0.29) is 12.0 Å². The Morgan fingerprint density at radius 1 is 1.26 bits per heavy atom. The zero-order valence-electron chi connectivity index (χ0n) is 13.7. The molecule has 3 rings (SSSR count). The van der Waals surface area contributed by atoms with Crippen molar-refractivity contribution < 1.29 is 14.6 Å². The standard InChI is InChI=1S/C19H27NO3/c21-17(15-7-2-1-3-8-15)13-20-19(22)12-18-16-9-5-4-6-14(16)10-11-23-18/h4-6,9,15,17-18,21H,1-3,7-8,10-13H2,(H,20,22). The van der Waals surface area contributed by atoms with Gasteiger partial charge in [0.2, 0.25) is 5.91 Å². The Labute approximate surface area is 138 Å². The minimum Gasteiger partial charge on any atom is -0.391 e. The van der Waals surface area contributed by atoms with Crippen LogP contribution >= 0.6 is 0 Å². The summed E-state index contributed by atoms with van der Waals surface area (Å²) in [7, 11) is 0. The highest BCUT2D eigenvalue weighted by molar-refractivity contribution is 5.76. The normalized spacial score (nSPS) is 23.1. The monoisotopic (exact) mass is 317 g/mol. The first kappa shape index (κ1) is 16.5. The van der Waals surface area contributed by atoms with Crippen molar-refractivity contribution in [1.82, 2.24) is 5.32 Å². The third-order valence-corrected chi connectivity index (χ3v) is 5.17. The van der Waals surface area contributed by atoms with Crippen LogP contribution in [0.5, 0.6) is 0 Å². The number of hydrogen-bond donors (Lipinski definition) is 2. The lowest BCUT2D eigenvalue weighted by atomic mass is 9.85. The largest absolute Gasteiger partial charge is 0.391 e. The lowest BCUT2D eigenvalue weighted by Crippen LogP contribution is -2.37. The summed E-state index contributed by atoms with van der Waals surface area (Å²) in [5, 5.41) is 13.1. The van der Waals surface area contributed by atoms with E-state index in [4.69, 9.17) is 4.74 Å². The first-order chi connectivity index (χ1) is 11.2. The summed E-state index contributed by atoms with van der Waals surface area (Å²) < 4.78 is 5.77. The van der Waals surface area contributed by atoms with Gasteiger partial charge in [0.05, 0.1) is 25.2 Å². The summed E-state index contributed by atoms with van der Waals surface area (Å²) >= 11 is 0. The molecule has 0 spiro atoms. The number of nitrogens with one attached hydrogen (secondary N) is 1. The van der Waals surface area contributed by atoms with Crippen molar-refractivity contribution in [3.8, 4) is 0 Å². The molecule has 4 nitrogen and oxygen atoms in total. The van der Waals surface area contributed by atoms with Crippen molar-refractivity contribution >= 4 is 5.91 Å². The molecule has 0 bridgehead atoms. The summed E-state index contributed by atoms with van der Waals surface area (Å²) in [6, 6.07) is 8.17. The average molecular weight is 317 g/mol. The molecule has 1 aromatic carbocycles. The van der Waals surface area contributed by atoms with Gasteiger partial charge in [-0.3, -0.25) is 4.79 Å². The first-order valence-electron chi connectivity index (χ1n) is 8.88. The second kappa shape index (κ2) is 7.93. The van der Waals surface area contributed by atoms with E-state index in [1.54, 1.807) is 0 Å². The molecule has 2 unspecified atom stereocenters. The Morgan fingerprint density at radius 3 is 2.87 bits per heavy atom. The van der Waals surface area contributed by atoms with Gasteiger partial charge >= 0.3 is 0 Å². The van der Waals surface area contributed by atoms with Crippen LogP contribution < -0.4 is 5.32 Å². The molecule has 2 N–H and O–H groups in total. The third kappa shape index (κ3) is 4.33. The maximum absolute atomic E-state index is 12.2. The quantitative estimate of drug-likeness (QED) is 0.878. The van der Waals surface area contributed by atoms with Crippen molar-refractivity contribution in [3.63, 3.8) is 0 Å². The highest BCUT2D eigenvalue weighted by Crippen LogP contribution is 2.29. The number of rotatable bonds is 5. The molecule has 1 aromatic rings. The zero-order chi connectivity index (χ0) is 16.1. The van der Waals surface area contributed by atoms with E-state index in [2.05, 4.69) is 11.4 Å². The van der Waals surface area contributed by atoms with Gasteiger partial charge in [-0.05, 0) is 36.3 Å². The minimum absolute atomic E-state index is 0.0402. The molecule has 1 amide bonds. The fourth-order valence-electron chi connectivity index (χ4n) is 3.79. The van der Waals surface area contributed by atoms with Crippen LogP contribution in [0.2, 0.25) is 0 Å². The average Bonchev–Trinajstić information content (AvgIpc) is 2.61. The summed E-state index contributed by atoms with van der Waals surface area (Å²) in [4.78, 5) is 12.2. The third-order valence-electron chi connectivity index (χ3n) is 5.17. The van der Waals surface area contributed by atoms with Crippen molar-refractivity contribution in [2.24, 2.45) is 5.92 Å². The maximum Gasteiger partial charge on any atom is 0.223 e. The summed E-state index contributed by atoms with van der Waals surface area (Å²) in [6.45, 7) is 1.03. The SMILES string of the molecule is O=C(CC1OCCc2ccccc21)NCC(O)C1CCCCC1. The second-order valence-electron chi connectivity index (χ2n) is 6.78. The Kier molecular flexibility index (Phi) is 5.68. The molecule has 2 aliphatic rings. The number of benzene rings is 1. The lowest BCUT2D eigenvalue weighted by Gasteiger charge is -2.28. The first-order valence-corrected chi connectivity index (χ1v) is 8.88. The highest BCUT2D eigenvalue weighted by Gasteiger charge is 2.25. The molecule has 2 atom stereocenters. The molecule has 23 heavy (non-hydrogen) atoms. The summed E-state index contributed by atoms with van der Waals surface area (Å²) in [6.07, 6.45) is 6.49. The predicted octanol–water partition coefficient (Wildman–Crippen LogP) is 2.75. The molecule has 126 valence electrons. The van der Waals surface area contributed by atoms with Crippen molar-refractivity contribution in [1.29, 1.82) is 0 Å². The lowest BCUT2D eigenvalue weighted by molar-refractivity contribution is -0.125. The molecular weight excluding hydrogens is 290 g/mol. The number of amides is 1. The van der Waals surface area contributed by atoms with E-state index in [0.717, 1.165) is 24.8 Å². The predicted molar refractivity (Wildman–Crippen MR) is 89.0 cm³/mol. The van der Waals surface area contributed by atoms with Crippen LogP contribution in [0.3, 0.4) is 0 Å². The van der Waals surface area contributed by atoms with Crippen LogP contribution in [-0.4, -0.2) is 30.3 Å². The van der Waals surface area contributed by atoms with E-state index >= 15 is 0 Å². The number of aliphatic hydroxyl groups is 1. The summed E-state index contributed by atoms with van der Waals surface area (Å²) in [5.41, 5.74) is 2.40. The number of ether oxygens (including phenoxy) is 1. The number of carbonyl (C=O) groups excluding carboxylic acids is 1.